The molecule has 5 heteroatoms. The Labute approximate surface area is 166 Å². The number of aryl methyl sites for hydroxylation is 1. The normalized spacial score (nSPS) is 17.3. The Morgan fingerprint density at radius 2 is 1.79 bits per heavy atom. The average Bonchev–Trinajstić information content (AvgIpc) is 3.21. The predicted molar refractivity (Wildman–Crippen MR) is 110 cm³/mol. The Morgan fingerprint density at radius 1 is 1.04 bits per heavy atom. The molecule has 1 fully saturated rings. The van der Waals surface area contributed by atoms with Gasteiger partial charge in [0.1, 0.15) is 13.2 Å². The van der Waals surface area contributed by atoms with Crippen molar-refractivity contribution in [1.29, 1.82) is 0 Å². The molecular weight excluding hydrogens is 352 g/mol. The molecule has 0 aromatic heterocycles. The molecule has 0 radical (unpaired) electrons. The lowest BCUT2D eigenvalue weighted by molar-refractivity contribution is -0.121. The van der Waals surface area contributed by atoms with Crippen LogP contribution in [0.5, 0.6) is 11.5 Å². The summed E-state index contributed by atoms with van der Waals surface area (Å²) in [7, 11) is 0. The van der Waals surface area contributed by atoms with Gasteiger partial charge in [-0.2, -0.15) is 0 Å². The van der Waals surface area contributed by atoms with E-state index in [-0.39, 0.29) is 11.3 Å². The van der Waals surface area contributed by atoms with Gasteiger partial charge in [0.2, 0.25) is 5.91 Å². The quantitative estimate of drug-likeness (QED) is 0.751. The van der Waals surface area contributed by atoms with E-state index >= 15 is 0 Å². The van der Waals surface area contributed by atoms with Crippen molar-refractivity contribution >= 4 is 11.6 Å². The van der Waals surface area contributed by atoms with Gasteiger partial charge in [-0.25, -0.2) is 0 Å². The van der Waals surface area contributed by atoms with E-state index in [0.29, 0.717) is 32.6 Å². The smallest absolute Gasteiger partial charge is 0.220 e. The van der Waals surface area contributed by atoms with Gasteiger partial charge < -0.3 is 20.5 Å². The summed E-state index contributed by atoms with van der Waals surface area (Å²) in [5, 5.41) is 3.18. The van der Waals surface area contributed by atoms with Gasteiger partial charge in [0.05, 0.1) is 0 Å². The van der Waals surface area contributed by atoms with Crippen LogP contribution in [0.1, 0.15) is 43.2 Å². The van der Waals surface area contributed by atoms with Gasteiger partial charge in [0.25, 0.3) is 0 Å². The van der Waals surface area contributed by atoms with Crippen LogP contribution in [0.25, 0.3) is 0 Å². The molecule has 0 bridgehead atoms. The van der Waals surface area contributed by atoms with Crippen molar-refractivity contribution in [1.82, 2.24) is 5.32 Å². The fraction of sp³-hybridized carbons (Fsp3) is 0.435. The fourth-order valence-corrected chi connectivity index (χ4v) is 4.36. The van der Waals surface area contributed by atoms with E-state index in [0.717, 1.165) is 35.6 Å². The summed E-state index contributed by atoms with van der Waals surface area (Å²) in [6.45, 7) is 1.85. The summed E-state index contributed by atoms with van der Waals surface area (Å²) in [5.74, 6) is 1.71. The van der Waals surface area contributed by atoms with Crippen LogP contribution in [0, 0.1) is 0 Å². The minimum Gasteiger partial charge on any atom is -0.486 e. The largest absolute Gasteiger partial charge is 0.486 e. The van der Waals surface area contributed by atoms with Gasteiger partial charge >= 0.3 is 0 Å². The minimum absolute atomic E-state index is 0.0166. The maximum Gasteiger partial charge on any atom is 0.220 e. The molecule has 1 aliphatic carbocycles. The second-order valence-electron chi connectivity index (χ2n) is 7.82. The first-order chi connectivity index (χ1) is 13.7. The fourth-order valence-electron chi connectivity index (χ4n) is 4.36. The molecule has 0 spiro atoms. The zero-order valence-corrected chi connectivity index (χ0v) is 16.2. The number of fused-ring (bicyclic) bond motifs is 1. The molecule has 0 unspecified atom stereocenters. The average molecular weight is 380 g/mol. The summed E-state index contributed by atoms with van der Waals surface area (Å²) in [6, 6.07) is 14.0. The Balaban J connectivity index is 1.41. The first-order valence-corrected chi connectivity index (χ1v) is 10.2. The summed E-state index contributed by atoms with van der Waals surface area (Å²) in [6.07, 6.45) is 5.65. The number of anilines is 1. The highest BCUT2D eigenvalue weighted by atomic mass is 16.6. The molecule has 3 N–H and O–H groups in total. The first kappa shape index (κ1) is 18.7. The van der Waals surface area contributed by atoms with E-state index in [1.165, 1.54) is 18.4 Å². The van der Waals surface area contributed by atoms with Crippen molar-refractivity contribution in [2.75, 3.05) is 25.5 Å². The van der Waals surface area contributed by atoms with Crippen molar-refractivity contribution in [3.63, 3.8) is 0 Å². The number of nitrogen functional groups attached to an aromatic ring is 1. The van der Waals surface area contributed by atoms with E-state index in [4.69, 9.17) is 15.2 Å². The Hall–Kier alpha value is -2.69. The number of nitrogens with two attached hydrogens (primary N) is 1. The van der Waals surface area contributed by atoms with E-state index in [1.54, 1.807) is 0 Å². The van der Waals surface area contributed by atoms with Crippen LogP contribution in [-0.4, -0.2) is 25.7 Å². The van der Waals surface area contributed by atoms with Crippen LogP contribution in [-0.2, 0) is 16.6 Å². The molecule has 0 atom stereocenters. The molecule has 1 amide bonds. The lowest BCUT2D eigenvalue weighted by Crippen LogP contribution is -2.39. The molecular formula is C23H28N2O3. The van der Waals surface area contributed by atoms with Crippen molar-refractivity contribution in [2.24, 2.45) is 0 Å². The third-order valence-electron chi connectivity index (χ3n) is 6.02. The molecule has 2 aromatic rings. The summed E-state index contributed by atoms with van der Waals surface area (Å²) in [4.78, 5) is 12.5. The number of benzene rings is 2. The van der Waals surface area contributed by atoms with Crippen molar-refractivity contribution in [3.05, 3.63) is 53.6 Å². The standard InChI is InChI=1S/C23H28N2O3/c24-19-6-2-1-5-17(19)7-10-22(26)25-16-23(11-3-4-12-23)18-8-9-20-21(15-18)28-14-13-27-20/h1-2,5-6,8-9,15H,3-4,7,10-14,16,24H2,(H,25,26). The number of nitrogens with one attached hydrogen (secondary N) is 1. The highest BCUT2D eigenvalue weighted by Crippen LogP contribution is 2.43. The van der Waals surface area contributed by atoms with E-state index in [9.17, 15) is 4.79 Å². The molecule has 0 saturated heterocycles. The Morgan fingerprint density at radius 3 is 2.57 bits per heavy atom. The predicted octanol–water partition coefficient (Wildman–Crippen LogP) is 3.60. The molecule has 1 aliphatic heterocycles. The number of ether oxygens (including phenoxy) is 2. The minimum atomic E-state index is -0.0166. The van der Waals surface area contributed by atoms with Crippen LogP contribution >= 0.6 is 0 Å². The van der Waals surface area contributed by atoms with Gasteiger partial charge in [0.15, 0.2) is 11.5 Å². The van der Waals surface area contributed by atoms with Crippen LogP contribution in [0.15, 0.2) is 42.5 Å². The Kier molecular flexibility index (Phi) is 5.42. The molecule has 28 heavy (non-hydrogen) atoms. The van der Waals surface area contributed by atoms with Crippen LogP contribution in [0.2, 0.25) is 0 Å². The zero-order valence-electron chi connectivity index (χ0n) is 16.2. The topological polar surface area (TPSA) is 73.6 Å². The maximum absolute atomic E-state index is 12.5. The molecule has 148 valence electrons. The molecule has 1 heterocycles. The lowest BCUT2D eigenvalue weighted by Gasteiger charge is -2.31. The van der Waals surface area contributed by atoms with E-state index < -0.39 is 0 Å². The number of amides is 1. The second-order valence-corrected chi connectivity index (χ2v) is 7.82. The summed E-state index contributed by atoms with van der Waals surface area (Å²) < 4.78 is 11.4. The van der Waals surface area contributed by atoms with Gasteiger partial charge in [-0.3, -0.25) is 4.79 Å². The summed E-state index contributed by atoms with van der Waals surface area (Å²) in [5.41, 5.74) is 8.98. The summed E-state index contributed by atoms with van der Waals surface area (Å²) >= 11 is 0. The lowest BCUT2D eigenvalue weighted by atomic mass is 9.78. The Bertz CT molecular complexity index is 843. The number of rotatable bonds is 6. The number of carbonyl (C=O) groups excluding carboxylic acids is 1. The van der Waals surface area contributed by atoms with E-state index in [1.807, 2.05) is 30.3 Å². The van der Waals surface area contributed by atoms with Gasteiger partial charge in [-0.05, 0) is 48.6 Å². The highest BCUT2D eigenvalue weighted by Gasteiger charge is 2.36. The maximum atomic E-state index is 12.5. The highest BCUT2D eigenvalue weighted by molar-refractivity contribution is 5.76. The SMILES string of the molecule is Nc1ccccc1CCC(=O)NCC1(c2ccc3c(c2)OCCO3)CCCC1. The molecule has 2 aromatic carbocycles. The number of hydrogen-bond acceptors (Lipinski definition) is 4. The van der Waals surface area contributed by atoms with Crippen molar-refractivity contribution < 1.29 is 14.3 Å². The molecule has 2 aliphatic rings. The molecule has 1 saturated carbocycles. The second kappa shape index (κ2) is 8.13. The van der Waals surface area contributed by atoms with Gasteiger partial charge in [-0.15, -0.1) is 0 Å². The van der Waals surface area contributed by atoms with Gasteiger partial charge in [0, 0.05) is 24.1 Å². The zero-order chi connectivity index (χ0) is 19.4. The van der Waals surface area contributed by atoms with Gasteiger partial charge in [-0.1, -0.05) is 37.1 Å². The number of para-hydroxylation sites is 1. The van der Waals surface area contributed by atoms with E-state index in [2.05, 4.69) is 17.4 Å². The third kappa shape index (κ3) is 3.93. The number of carbonyl (C=O) groups is 1. The third-order valence-corrected chi connectivity index (χ3v) is 6.02. The molecule has 4 rings (SSSR count). The first-order valence-electron chi connectivity index (χ1n) is 10.2. The van der Waals surface area contributed by atoms with Crippen LogP contribution in [0.3, 0.4) is 0 Å². The number of hydrogen-bond donors (Lipinski definition) is 2. The monoisotopic (exact) mass is 380 g/mol. The van der Waals surface area contributed by atoms with Crippen LogP contribution < -0.4 is 20.5 Å². The van der Waals surface area contributed by atoms with Crippen molar-refractivity contribution in [2.45, 2.75) is 43.9 Å². The van der Waals surface area contributed by atoms with Crippen molar-refractivity contribution in [3.8, 4) is 11.5 Å². The van der Waals surface area contributed by atoms with Crippen LogP contribution in [0.4, 0.5) is 5.69 Å². The molecule has 5 nitrogen and oxygen atoms in total.